The summed E-state index contributed by atoms with van der Waals surface area (Å²) in [6.45, 7) is 4.77. The van der Waals surface area contributed by atoms with Gasteiger partial charge in [-0.05, 0) is 18.9 Å². The second-order valence-electron chi connectivity index (χ2n) is 4.48. The van der Waals surface area contributed by atoms with E-state index >= 15 is 0 Å². The fourth-order valence-electron chi connectivity index (χ4n) is 2.17. The van der Waals surface area contributed by atoms with Crippen LogP contribution < -0.4 is 5.32 Å². The van der Waals surface area contributed by atoms with Crippen LogP contribution in [-0.4, -0.2) is 36.5 Å². The normalized spacial score (nSPS) is 15.4. The van der Waals surface area contributed by atoms with Crippen LogP contribution >= 0.6 is 0 Å². The van der Waals surface area contributed by atoms with Gasteiger partial charge in [0.2, 0.25) is 5.91 Å². The van der Waals surface area contributed by atoms with Crippen molar-refractivity contribution in [2.45, 2.75) is 25.8 Å². The molecule has 1 fully saturated rings. The molecule has 1 heterocycles. The number of amides is 1. The van der Waals surface area contributed by atoms with Gasteiger partial charge in [0.1, 0.15) is 0 Å². The van der Waals surface area contributed by atoms with Gasteiger partial charge in [0.25, 0.3) is 0 Å². The Bertz CT molecular complexity index is 360. The number of carbonyl (C=O) groups excluding carboxylic acids is 1. The van der Waals surface area contributed by atoms with Crippen LogP contribution in [0.5, 0.6) is 0 Å². The van der Waals surface area contributed by atoms with E-state index in [4.69, 9.17) is 0 Å². The summed E-state index contributed by atoms with van der Waals surface area (Å²) in [4.78, 5) is 14.1. The van der Waals surface area contributed by atoms with Crippen molar-refractivity contribution in [1.29, 1.82) is 0 Å². The van der Waals surface area contributed by atoms with Crippen molar-refractivity contribution >= 4 is 5.91 Å². The van der Waals surface area contributed by atoms with Crippen molar-refractivity contribution in [2.75, 3.05) is 19.6 Å². The third kappa shape index (κ3) is 3.07. The SMILES string of the molecule is CCN(C(=O)CCc1ccccc1)C1CNC1. The number of rotatable bonds is 5. The summed E-state index contributed by atoms with van der Waals surface area (Å²) in [5.41, 5.74) is 1.24. The van der Waals surface area contributed by atoms with Gasteiger partial charge in [0.15, 0.2) is 0 Å². The standard InChI is InChI=1S/C14H20N2O/c1-2-16(13-10-15-11-13)14(17)9-8-12-6-4-3-5-7-12/h3-7,13,15H,2,8-11H2,1H3. The number of nitrogens with zero attached hydrogens (tertiary/aromatic N) is 1. The van der Waals surface area contributed by atoms with E-state index in [-0.39, 0.29) is 5.91 Å². The molecule has 1 saturated heterocycles. The molecular weight excluding hydrogens is 212 g/mol. The van der Waals surface area contributed by atoms with Gasteiger partial charge in [-0.1, -0.05) is 30.3 Å². The van der Waals surface area contributed by atoms with Gasteiger partial charge in [-0.15, -0.1) is 0 Å². The van der Waals surface area contributed by atoms with Crippen LogP contribution in [-0.2, 0) is 11.2 Å². The predicted molar refractivity (Wildman–Crippen MR) is 68.8 cm³/mol. The Balaban J connectivity index is 1.83. The van der Waals surface area contributed by atoms with Crippen LogP contribution in [0.2, 0.25) is 0 Å². The lowest BCUT2D eigenvalue weighted by Crippen LogP contribution is -2.58. The van der Waals surface area contributed by atoms with E-state index in [1.807, 2.05) is 23.1 Å². The Morgan fingerprint density at radius 3 is 2.59 bits per heavy atom. The fraction of sp³-hybridized carbons (Fsp3) is 0.500. The first-order chi connectivity index (χ1) is 8.31. The monoisotopic (exact) mass is 232 g/mol. The van der Waals surface area contributed by atoms with E-state index in [9.17, 15) is 4.79 Å². The quantitative estimate of drug-likeness (QED) is 0.833. The molecule has 92 valence electrons. The first kappa shape index (κ1) is 12.1. The lowest BCUT2D eigenvalue weighted by molar-refractivity contribution is -0.134. The maximum absolute atomic E-state index is 12.1. The van der Waals surface area contributed by atoms with Crippen LogP contribution in [0.3, 0.4) is 0 Å². The highest BCUT2D eigenvalue weighted by molar-refractivity contribution is 5.77. The van der Waals surface area contributed by atoms with Gasteiger partial charge < -0.3 is 10.2 Å². The minimum absolute atomic E-state index is 0.280. The second-order valence-corrected chi connectivity index (χ2v) is 4.48. The molecule has 1 aromatic carbocycles. The number of carbonyl (C=O) groups is 1. The third-order valence-electron chi connectivity index (χ3n) is 3.33. The highest BCUT2D eigenvalue weighted by Crippen LogP contribution is 2.09. The summed E-state index contributed by atoms with van der Waals surface area (Å²) in [5.74, 6) is 0.280. The summed E-state index contributed by atoms with van der Waals surface area (Å²) in [6, 6.07) is 10.6. The van der Waals surface area contributed by atoms with Crippen LogP contribution in [0, 0.1) is 0 Å². The molecule has 0 spiro atoms. The highest BCUT2D eigenvalue weighted by atomic mass is 16.2. The van der Waals surface area contributed by atoms with Crippen molar-refractivity contribution in [2.24, 2.45) is 0 Å². The molecule has 0 unspecified atom stereocenters. The van der Waals surface area contributed by atoms with E-state index in [2.05, 4.69) is 24.4 Å². The number of hydrogen-bond donors (Lipinski definition) is 1. The maximum Gasteiger partial charge on any atom is 0.223 e. The summed E-state index contributed by atoms with van der Waals surface area (Å²) in [7, 11) is 0. The fourth-order valence-corrected chi connectivity index (χ4v) is 2.17. The van der Waals surface area contributed by atoms with Crippen molar-refractivity contribution in [3.63, 3.8) is 0 Å². The molecule has 0 bridgehead atoms. The molecule has 0 atom stereocenters. The largest absolute Gasteiger partial charge is 0.337 e. The van der Waals surface area contributed by atoms with Crippen molar-refractivity contribution in [1.82, 2.24) is 10.2 Å². The van der Waals surface area contributed by atoms with Crippen molar-refractivity contribution in [3.8, 4) is 0 Å². The second kappa shape index (κ2) is 5.82. The number of nitrogens with one attached hydrogen (secondary N) is 1. The number of hydrogen-bond acceptors (Lipinski definition) is 2. The molecule has 1 aliphatic rings. The molecule has 0 aromatic heterocycles. The molecule has 1 aliphatic heterocycles. The number of benzene rings is 1. The van der Waals surface area contributed by atoms with E-state index in [0.29, 0.717) is 12.5 Å². The number of aryl methyl sites for hydroxylation is 1. The smallest absolute Gasteiger partial charge is 0.223 e. The minimum atomic E-state index is 0.280. The molecule has 0 aliphatic carbocycles. The molecule has 3 heteroatoms. The summed E-state index contributed by atoms with van der Waals surface area (Å²) in [5, 5.41) is 3.21. The molecule has 1 aromatic rings. The van der Waals surface area contributed by atoms with Gasteiger partial charge in [0, 0.05) is 26.1 Å². The third-order valence-corrected chi connectivity index (χ3v) is 3.33. The lowest BCUT2D eigenvalue weighted by Gasteiger charge is -2.37. The Hall–Kier alpha value is -1.35. The van der Waals surface area contributed by atoms with Crippen LogP contribution in [0.1, 0.15) is 18.9 Å². The van der Waals surface area contributed by atoms with Gasteiger partial charge in [-0.3, -0.25) is 4.79 Å². The summed E-state index contributed by atoms with van der Waals surface area (Å²) >= 11 is 0. The molecule has 2 rings (SSSR count). The van der Waals surface area contributed by atoms with Crippen LogP contribution in [0.25, 0.3) is 0 Å². The maximum atomic E-state index is 12.1. The zero-order valence-corrected chi connectivity index (χ0v) is 10.4. The molecular formula is C14H20N2O. The average molecular weight is 232 g/mol. The summed E-state index contributed by atoms with van der Waals surface area (Å²) in [6.07, 6.45) is 1.46. The summed E-state index contributed by atoms with van der Waals surface area (Å²) < 4.78 is 0. The predicted octanol–water partition coefficient (Wildman–Crippen LogP) is 1.44. The minimum Gasteiger partial charge on any atom is -0.337 e. The Labute approximate surface area is 103 Å². The Morgan fingerprint density at radius 2 is 2.06 bits per heavy atom. The Morgan fingerprint density at radius 1 is 1.35 bits per heavy atom. The molecule has 0 radical (unpaired) electrons. The van der Waals surface area contributed by atoms with Gasteiger partial charge in [-0.2, -0.15) is 0 Å². The highest BCUT2D eigenvalue weighted by Gasteiger charge is 2.26. The van der Waals surface area contributed by atoms with Gasteiger partial charge in [-0.25, -0.2) is 0 Å². The molecule has 1 N–H and O–H groups in total. The Kier molecular flexibility index (Phi) is 4.15. The number of likely N-dealkylation sites (N-methyl/N-ethyl adjacent to an activating group) is 1. The topological polar surface area (TPSA) is 32.3 Å². The zero-order valence-electron chi connectivity index (χ0n) is 10.4. The molecule has 3 nitrogen and oxygen atoms in total. The van der Waals surface area contributed by atoms with Crippen LogP contribution in [0.4, 0.5) is 0 Å². The van der Waals surface area contributed by atoms with E-state index < -0.39 is 0 Å². The molecule has 0 saturated carbocycles. The van der Waals surface area contributed by atoms with E-state index in [1.54, 1.807) is 0 Å². The first-order valence-electron chi connectivity index (χ1n) is 6.35. The van der Waals surface area contributed by atoms with Crippen molar-refractivity contribution < 1.29 is 4.79 Å². The van der Waals surface area contributed by atoms with Gasteiger partial charge >= 0.3 is 0 Å². The van der Waals surface area contributed by atoms with E-state index in [0.717, 1.165) is 26.1 Å². The van der Waals surface area contributed by atoms with Gasteiger partial charge in [0.05, 0.1) is 6.04 Å². The molecule has 17 heavy (non-hydrogen) atoms. The first-order valence-corrected chi connectivity index (χ1v) is 6.35. The zero-order chi connectivity index (χ0) is 12.1. The lowest BCUT2D eigenvalue weighted by atomic mass is 10.1. The van der Waals surface area contributed by atoms with Crippen LogP contribution in [0.15, 0.2) is 30.3 Å². The molecule has 1 amide bonds. The van der Waals surface area contributed by atoms with E-state index in [1.165, 1.54) is 5.56 Å². The van der Waals surface area contributed by atoms with Crippen molar-refractivity contribution in [3.05, 3.63) is 35.9 Å². The average Bonchev–Trinajstić information content (AvgIpc) is 2.31.